The number of amides is 8. The number of hydrogen-bond donors (Lipinski definition) is 11. The summed E-state index contributed by atoms with van der Waals surface area (Å²) in [7, 11) is 0. The standard InChI is InChI=1S/C46H68N8O14/c1-44(2,3)66-41(63)50-25-30(55)24-34-39(60)51-32(37(58)47-17-11-14-31(53-42(64)67-45(4,5)6)36(57)48-18-19-49-40(61)62)21-26-12-10-13-27(20-26)28-15-16-35(56)29(22-28)23-33(38(59)52-34)54-43(65)68-46(7,8)9/h10,12-13,15-16,20,22,30-34,49,55-56H,11,14,17-19,21,23-25H2,1-9H3,(H,47,58)(H,48,57)(H,50,63)(H,51,60)(H,52,59)(H,53,64)(H,54,65)(H,61,62)/t30-,31+,32+,33+,34+/m1/s1. The van der Waals surface area contributed by atoms with Gasteiger partial charge >= 0.3 is 24.4 Å². The van der Waals surface area contributed by atoms with Crippen LogP contribution in [0.3, 0.4) is 0 Å². The zero-order valence-electron chi connectivity index (χ0n) is 40.1. The molecule has 8 amide bonds. The molecule has 0 aliphatic carbocycles. The predicted molar refractivity (Wildman–Crippen MR) is 247 cm³/mol. The molecule has 68 heavy (non-hydrogen) atoms. The van der Waals surface area contributed by atoms with Gasteiger partial charge in [-0.2, -0.15) is 0 Å². The smallest absolute Gasteiger partial charge is 0.408 e. The number of carboxylic acid groups (broad SMARTS) is 1. The number of aromatic hydroxyl groups is 1. The quantitative estimate of drug-likeness (QED) is 0.0903. The van der Waals surface area contributed by atoms with E-state index in [0.29, 0.717) is 16.7 Å². The van der Waals surface area contributed by atoms with E-state index in [0.717, 1.165) is 0 Å². The summed E-state index contributed by atoms with van der Waals surface area (Å²) in [4.78, 5) is 105. The second-order valence-electron chi connectivity index (χ2n) is 19.2. The lowest BCUT2D eigenvalue weighted by Crippen LogP contribution is -2.58. The molecule has 0 spiro atoms. The van der Waals surface area contributed by atoms with Crippen LogP contribution in [-0.4, -0.2) is 137 Å². The number of aliphatic hydroxyl groups excluding tert-OH is 1. The van der Waals surface area contributed by atoms with E-state index in [-0.39, 0.29) is 56.6 Å². The summed E-state index contributed by atoms with van der Waals surface area (Å²) in [6, 6.07) is 6.26. The van der Waals surface area contributed by atoms with Gasteiger partial charge in [-0.25, -0.2) is 19.2 Å². The van der Waals surface area contributed by atoms with Crippen molar-refractivity contribution < 1.29 is 67.9 Å². The van der Waals surface area contributed by atoms with E-state index in [2.05, 4.69) is 42.5 Å². The number of fused-ring (bicyclic) bond motifs is 5. The van der Waals surface area contributed by atoms with Crippen LogP contribution in [0.4, 0.5) is 19.2 Å². The zero-order chi connectivity index (χ0) is 51.0. The van der Waals surface area contributed by atoms with Crippen LogP contribution >= 0.6 is 0 Å². The second kappa shape index (κ2) is 24.8. The fourth-order valence-corrected chi connectivity index (χ4v) is 6.62. The number of benzene rings is 2. The van der Waals surface area contributed by atoms with E-state index in [9.17, 15) is 48.6 Å². The van der Waals surface area contributed by atoms with Crippen molar-refractivity contribution in [3.05, 3.63) is 53.6 Å². The van der Waals surface area contributed by atoms with Crippen molar-refractivity contribution in [2.45, 2.75) is 141 Å². The molecule has 1 aliphatic heterocycles. The highest BCUT2D eigenvalue weighted by molar-refractivity contribution is 5.94. The Morgan fingerprint density at radius 1 is 0.721 bits per heavy atom. The van der Waals surface area contributed by atoms with Gasteiger partial charge < -0.3 is 72.1 Å². The summed E-state index contributed by atoms with van der Waals surface area (Å²) in [6.45, 7) is 14.1. The van der Waals surface area contributed by atoms with Crippen molar-refractivity contribution in [1.82, 2.24) is 42.5 Å². The largest absolute Gasteiger partial charge is 0.508 e. The zero-order valence-corrected chi connectivity index (χ0v) is 40.1. The van der Waals surface area contributed by atoms with E-state index in [1.165, 1.54) is 6.07 Å². The van der Waals surface area contributed by atoms with Gasteiger partial charge in [-0.15, -0.1) is 0 Å². The van der Waals surface area contributed by atoms with Crippen LogP contribution < -0.4 is 42.5 Å². The van der Waals surface area contributed by atoms with Crippen LogP contribution in [0.15, 0.2) is 42.5 Å². The number of phenols is 1. The maximum absolute atomic E-state index is 14.3. The SMILES string of the molecule is CC(C)(C)OC(=O)NC[C@H](O)C[C@@H]1NC(=O)[C@@H](NC(=O)OC(C)(C)C)Cc2cc(ccc2O)-c2cccc(c2)C[C@@H](C(=O)NCCC[C@H](NC(=O)OC(C)(C)C)C(=O)NCCNC(=O)O)NC1=O. The Balaban J connectivity index is 1.98. The molecule has 4 bridgehead atoms. The minimum atomic E-state index is -1.59. The van der Waals surface area contributed by atoms with Gasteiger partial charge in [0, 0.05) is 45.4 Å². The highest BCUT2D eigenvalue weighted by Crippen LogP contribution is 2.28. The van der Waals surface area contributed by atoms with E-state index in [1.807, 2.05) is 0 Å². The summed E-state index contributed by atoms with van der Waals surface area (Å²) in [6.07, 6.45) is -6.20. The third kappa shape index (κ3) is 20.8. The molecule has 1 heterocycles. The number of ether oxygens (including phenoxy) is 3. The third-order valence-electron chi connectivity index (χ3n) is 9.54. The van der Waals surface area contributed by atoms with Crippen molar-refractivity contribution >= 4 is 48.0 Å². The summed E-state index contributed by atoms with van der Waals surface area (Å²) < 4.78 is 16.0. The van der Waals surface area contributed by atoms with Crippen LogP contribution in [-0.2, 0) is 46.2 Å². The minimum absolute atomic E-state index is 0.00672. The molecule has 0 aromatic heterocycles. The lowest BCUT2D eigenvalue weighted by atomic mass is 9.96. The molecule has 22 heteroatoms. The van der Waals surface area contributed by atoms with Crippen molar-refractivity contribution in [1.29, 1.82) is 0 Å². The first-order chi connectivity index (χ1) is 31.6. The van der Waals surface area contributed by atoms with Gasteiger partial charge in [0.25, 0.3) is 0 Å². The number of phenolic OH excluding ortho intramolecular Hbond substituents is 1. The Kier molecular flexibility index (Phi) is 20.2. The summed E-state index contributed by atoms with van der Waals surface area (Å²) in [5, 5.41) is 51.1. The highest BCUT2D eigenvalue weighted by Gasteiger charge is 2.34. The number of aliphatic hydroxyl groups is 1. The first-order valence-electron chi connectivity index (χ1n) is 22.3. The topological polar surface area (TPSA) is 321 Å². The van der Waals surface area contributed by atoms with Gasteiger partial charge in [-0.05, 0) is 110 Å². The molecule has 0 radical (unpaired) electrons. The molecule has 376 valence electrons. The lowest BCUT2D eigenvalue weighted by Gasteiger charge is -2.28. The molecule has 0 saturated carbocycles. The molecule has 11 N–H and O–H groups in total. The molecule has 5 atom stereocenters. The monoisotopic (exact) mass is 956 g/mol. The molecule has 0 saturated heterocycles. The van der Waals surface area contributed by atoms with Crippen molar-refractivity contribution in [2.24, 2.45) is 0 Å². The summed E-state index contributed by atoms with van der Waals surface area (Å²) >= 11 is 0. The maximum atomic E-state index is 14.3. The van der Waals surface area contributed by atoms with Crippen LogP contribution in [0.25, 0.3) is 11.1 Å². The normalized spacial score (nSPS) is 17.5. The van der Waals surface area contributed by atoms with Crippen molar-refractivity contribution in [3.8, 4) is 16.9 Å². The summed E-state index contributed by atoms with van der Waals surface area (Å²) in [5.41, 5.74) is -0.587. The Bertz CT molecular complexity index is 2110. The minimum Gasteiger partial charge on any atom is -0.508 e. The average molecular weight is 957 g/mol. The van der Waals surface area contributed by atoms with Gasteiger partial charge in [0.1, 0.15) is 46.7 Å². The summed E-state index contributed by atoms with van der Waals surface area (Å²) in [5.74, 6) is -3.34. The molecular formula is C46H68N8O14. The maximum Gasteiger partial charge on any atom is 0.408 e. The second-order valence-corrected chi connectivity index (χ2v) is 19.2. The van der Waals surface area contributed by atoms with Crippen LogP contribution in [0.5, 0.6) is 5.75 Å². The molecule has 2 aromatic carbocycles. The van der Waals surface area contributed by atoms with Crippen molar-refractivity contribution in [3.63, 3.8) is 0 Å². The van der Waals surface area contributed by atoms with Crippen molar-refractivity contribution in [2.75, 3.05) is 26.2 Å². The fourth-order valence-electron chi connectivity index (χ4n) is 6.62. The molecule has 1 aliphatic rings. The lowest BCUT2D eigenvalue weighted by molar-refractivity contribution is -0.133. The number of carbonyl (C=O) groups excluding carboxylic acids is 7. The Morgan fingerprint density at radius 2 is 1.34 bits per heavy atom. The van der Waals surface area contributed by atoms with Gasteiger partial charge in [0.2, 0.25) is 23.6 Å². The predicted octanol–water partition coefficient (Wildman–Crippen LogP) is 2.47. The van der Waals surface area contributed by atoms with Crippen LogP contribution in [0, 0.1) is 0 Å². The Morgan fingerprint density at radius 3 is 1.99 bits per heavy atom. The van der Waals surface area contributed by atoms with Gasteiger partial charge in [0.05, 0.1) is 6.10 Å². The third-order valence-corrected chi connectivity index (χ3v) is 9.54. The number of alkyl carbamates (subject to hydrolysis) is 3. The fraction of sp³-hybridized carbons (Fsp3) is 0.565. The van der Waals surface area contributed by atoms with Crippen LogP contribution in [0.1, 0.15) is 92.7 Å². The average Bonchev–Trinajstić information content (AvgIpc) is 3.20. The Hall–Kier alpha value is -6.84. The molecule has 0 fully saturated rings. The molecular weight excluding hydrogens is 889 g/mol. The van der Waals surface area contributed by atoms with E-state index in [1.54, 1.807) is 98.7 Å². The van der Waals surface area contributed by atoms with Crippen LogP contribution in [0.2, 0.25) is 0 Å². The van der Waals surface area contributed by atoms with Gasteiger partial charge in [0.15, 0.2) is 0 Å². The molecule has 0 unspecified atom stereocenters. The molecule has 3 rings (SSSR count). The molecule has 2 aromatic rings. The van der Waals surface area contributed by atoms with Gasteiger partial charge in [-0.3, -0.25) is 19.2 Å². The first kappa shape index (κ1) is 55.5. The Labute approximate surface area is 395 Å². The van der Waals surface area contributed by atoms with Gasteiger partial charge in [-0.1, -0.05) is 30.3 Å². The van der Waals surface area contributed by atoms with E-state index >= 15 is 0 Å². The number of hydrogen-bond acceptors (Lipinski definition) is 13. The van der Waals surface area contributed by atoms with E-state index < -0.39 is 108 Å². The highest BCUT2D eigenvalue weighted by atomic mass is 16.6. The first-order valence-corrected chi connectivity index (χ1v) is 22.3. The number of carbonyl (C=O) groups is 8. The number of rotatable bonds is 15. The molecule has 22 nitrogen and oxygen atoms in total. The van der Waals surface area contributed by atoms with E-state index in [4.69, 9.17) is 19.3 Å². The number of nitrogens with one attached hydrogen (secondary N) is 8.